The first-order valence-electron chi connectivity index (χ1n) is 8.12. The van der Waals surface area contributed by atoms with E-state index in [0.717, 1.165) is 51.9 Å². The number of hydrogen-bond acceptors (Lipinski definition) is 4. The summed E-state index contributed by atoms with van der Waals surface area (Å²) in [6.45, 7) is 6.20. The minimum Gasteiger partial charge on any atom is -0.449 e. The van der Waals surface area contributed by atoms with Gasteiger partial charge in [0.25, 0.3) is 0 Å². The van der Waals surface area contributed by atoms with Gasteiger partial charge in [-0.1, -0.05) is 13.3 Å². The van der Waals surface area contributed by atoms with Crippen LogP contribution in [-0.4, -0.2) is 60.8 Å². The lowest BCUT2D eigenvalue weighted by molar-refractivity contribution is 0.0543. The van der Waals surface area contributed by atoms with Gasteiger partial charge in [0.2, 0.25) is 0 Å². The molecule has 5 heteroatoms. The Morgan fingerprint density at radius 3 is 2.40 bits per heavy atom. The highest BCUT2D eigenvalue weighted by Crippen LogP contribution is 2.23. The third-order valence-electron chi connectivity index (χ3n) is 4.55. The van der Waals surface area contributed by atoms with Crippen LogP contribution >= 0.6 is 0 Å². The number of rotatable bonds is 4. The van der Waals surface area contributed by atoms with Gasteiger partial charge in [-0.2, -0.15) is 0 Å². The van der Waals surface area contributed by atoms with E-state index in [2.05, 4.69) is 11.8 Å². The van der Waals surface area contributed by atoms with E-state index in [1.165, 1.54) is 12.8 Å². The maximum Gasteiger partial charge on any atom is 0.409 e. The predicted octanol–water partition coefficient (Wildman–Crippen LogP) is 1.81. The fourth-order valence-corrected chi connectivity index (χ4v) is 3.13. The summed E-state index contributed by atoms with van der Waals surface area (Å²) in [5.41, 5.74) is 5.96. The molecule has 2 N–H and O–H groups in total. The van der Waals surface area contributed by atoms with Crippen molar-refractivity contribution in [3.05, 3.63) is 0 Å². The molecule has 1 saturated carbocycles. The zero-order valence-electron chi connectivity index (χ0n) is 12.7. The van der Waals surface area contributed by atoms with Gasteiger partial charge in [-0.05, 0) is 32.1 Å². The molecular formula is C15H29N3O2. The largest absolute Gasteiger partial charge is 0.449 e. The molecule has 116 valence electrons. The van der Waals surface area contributed by atoms with Crippen molar-refractivity contribution in [2.75, 3.05) is 32.8 Å². The monoisotopic (exact) mass is 283 g/mol. The van der Waals surface area contributed by atoms with E-state index < -0.39 is 0 Å². The van der Waals surface area contributed by atoms with E-state index in [1.54, 1.807) is 0 Å². The summed E-state index contributed by atoms with van der Waals surface area (Å²) in [6, 6.07) is 1.08. The highest BCUT2D eigenvalue weighted by molar-refractivity contribution is 5.67. The number of carbonyl (C=O) groups excluding carboxylic acids is 1. The lowest BCUT2D eigenvalue weighted by atomic mass is 9.90. The lowest BCUT2D eigenvalue weighted by Crippen LogP contribution is -2.53. The van der Waals surface area contributed by atoms with Crippen molar-refractivity contribution in [2.24, 2.45) is 5.73 Å². The van der Waals surface area contributed by atoms with E-state index in [1.807, 2.05) is 4.90 Å². The fraction of sp³-hybridized carbons (Fsp3) is 0.933. The van der Waals surface area contributed by atoms with Crippen LogP contribution in [-0.2, 0) is 4.74 Å². The molecule has 2 fully saturated rings. The third kappa shape index (κ3) is 4.35. The van der Waals surface area contributed by atoms with Gasteiger partial charge in [-0.15, -0.1) is 0 Å². The molecule has 0 aromatic rings. The molecule has 1 heterocycles. The summed E-state index contributed by atoms with van der Waals surface area (Å²) in [4.78, 5) is 16.2. The Bertz CT molecular complexity index is 295. The minimum atomic E-state index is -0.135. The average molecular weight is 283 g/mol. The van der Waals surface area contributed by atoms with Gasteiger partial charge in [0, 0.05) is 38.3 Å². The zero-order chi connectivity index (χ0) is 14.4. The molecular weight excluding hydrogens is 254 g/mol. The number of unbranched alkanes of at least 4 members (excludes halogenated alkanes) is 1. The van der Waals surface area contributed by atoms with E-state index >= 15 is 0 Å². The number of amides is 1. The first kappa shape index (κ1) is 15.6. The summed E-state index contributed by atoms with van der Waals surface area (Å²) in [5, 5.41) is 0. The molecule has 1 aliphatic carbocycles. The van der Waals surface area contributed by atoms with Crippen molar-refractivity contribution in [3.63, 3.8) is 0 Å². The lowest BCUT2D eigenvalue weighted by Gasteiger charge is -2.41. The molecule has 0 bridgehead atoms. The minimum absolute atomic E-state index is 0.135. The van der Waals surface area contributed by atoms with Crippen molar-refractivity contribution in [3.8, 4) is 0 Å². The average Bonchev–Trinajstić information content (AvgIpc) is 2.48. The summed E-state index contributed by atoms with van der Waals surface area (Å²) in [5.74, 6) is 0. The number of hydrogen-bond donors (Lipinski definition) is 1. The number of piperazine rings is 1. The van der Waals surface area contributed by atoms with Gasteiger partial charge >= 0.3 is 6.09 Å². The van der Waals surface area contributed by atoms with Gasteiger partial charge in [0.1, 0.15) is 0 Å². The van der Waals surface area contributed by atoms with Gasteiger partial charge < -0.3 is 15.4 Å². The second-order valence-electron chi connectivity index (χ2n) is 6.06. The van der Waals surface area contributed by atoms with Crippen LogP contribution in [0.4, 0.5) is 4.79 Å². The van der Waals surface area contributed by atoms with Crippen LogP contribution in [0.25, 0.3) is 0 Å². The molecule has 5 nitrogen and oxygen atoms in total. The van der Waals surface area contributed by atoms with E-state index in [9.17, 15) is 4.79 Å². The molecule has 1 saturated heterocycles. The Labute approximate surface area is 122 Å². The van der Waals surface area contributed by atoms with Crippen molar-refractivity contribution in [1.82, 2.24) is 9.80 Å². The summed E-state index contributed by atoms with van der Waals surface area (Å²) < 4.78 is 5.27. The molecule has 0 aromatic carbocycles. The molecule has 0 spiro atoms. The van der Waals surface area contributed by atoms with Crippen LogP contribution in [0.3, 0.4) is 0 Å². The Kier molecular flexibility index (Phi) is 6.10. The molecule has 20 heavy (non-hydrogen) atoms. The number of nitrogens with two attached hydrogens (primary N) is 1. The first-order chi connectivity index (χ1) is 9.70. The highest BCUT2D eigenvalue weighted by Gasteiger charge is 2.28. The molecule has 0 unspecified atom stereocenters. The fourth-order valence-electron chi connectivity index (χ4n) is 3.13. The number of ether oxygens (including phenoxy) is 1. The van der Waals surface area contributed by atoms with Gasteiger partial charge in [-0.3, -0.25) is 4.90 Å². The molecule has 2 rings (SSSR count). The topological polar surface area (TPSA) is 58.8 Å². The number of nitrogens with zero attached hydrogens (tertiary/aromatic N) is 2. The first-order valence-corrected chi connectivity index (χ1v) is 8.12. The third-order valence-corrected chi connectivity index (χ3v) is 4.55. The normalized spacial score (nSPS) is 28.4. The molecule has 1 aliphatic heterocycles. The SMILES string of the molecule is CCCCOC(=O)N1CCN(C2CCC(N)CC2)CC1. The van der Waals surface area contributed by atoms with E-state index in [4.69, 9.17) is 10.5 Å². The van der Waals surface area contributed by atoms with E-state index in [0.29, 0.717) is 18.7 Å². The predicted molar refractivity (Wildman–Crippen MR) is 79.6 cm³/mol. The second-order valence-corrected chi connectivity index (χ2v) is 6.06. The van der Waals surface area contributed by atoms with Gasteiger partial charge in [0.05, 0.1) is 6.61 Å². The van der Waals surface area contributed by atoms with Crippen LogP contribution in [0.15, 0.2) is 0 Å². The molecule has 2 aliphatic rings. The Morgan fingerprint density at radius 2 is 1.80 bits per heavy atom. The van der Waals surface area contributed by atoms with Crippen molar-refractivity contribution in [1.29, 1.82) is 0 Å². The van der Waals surface area contributed by atoms with Gasteiger partial charge in [0.15, 0.2) is 0 Å². The van der Waals surface area contributed by atoms with Crippen molar-refractivity contribution in [2.45, 2.75) is 57.5 Å². The van der Waals surface area contributed by atoms with Crippen molar-refractivity contribution < 1.29 is 9.53 Å². The molecule has 0 radical (unpaired) electrons. The second kappa shape index (κ2) is 7.84. The van der Waals surface area contributed by atoms with Crippen molar-refractivity contribution >= 4 is 6.09 Å². The molecule has 1 amide bonds. The maximum absolute atomic E-state index is 11.9. The molecule has 0 atom stereocenters. The van der Waals surface area contributed by atoms with E-state index in [-0.39, 0.29) is 6.09 Å². The standard InChI is InChI=1S/C15H29N3O2/c1-2-3-12-20-15(19)18-10-8-17(9-11-18)14-6-4-13(16)5-7-14/h13-14H,2-12,16H2,1H3. The zero-order valence-corrected chi connectivity index (χ0v) is 12.7. The highest BCUT2D eigenvalue weighted by atomic mass is 16.6. The van der Waals surface area contributed by atoms with Crippen LogP contribution in [0.5, 0.6) is 0 Å². The van der Waals surface area contributed by atoms with Gasteiger partial charge in [-0.25, -0.2) is 4.79 Å². The van der Waals surface area contributed by atoms with Crippen LogP contribution in [0.2, 0.25) is 0 Å². The summed E-state index contributed by atoms with van der Waals surface area (Å²) >= 11 is 0. The smallest absolute Gasteiger partial charge is 0.409 e. The maximum atomic E-state index is 11.9. The quantitative estimate of drug-likeness (QED) is 0.799. The Hall–Kier alpha value is -0.810. The number of carbonyl (C=O) groups is 1. The molecule has 0 aromatic heterocycles. The Morgan fingerprint density at radius 1 is 1.15 bits per heavy atom. The van der Waals surface area contributed by atoms with Crippen LogP contribution < -0.4 is 5.73 Å². The van der Waals surface area contributed by atoms with Crippen LogP contribution in [0.1, 0.15) is 45.4 Å². The Balaban J connectivity index is 1.68. The summed E-state index contributed by atoms with van der Waals surface area (Å²) in [7, 11) is 0. The summed E-state index contributed by atoms with van der Waals surface area (Å²) in [6.07, 6.45) is 6.58. The van der Waals surface area contributed by atoms with Crippen LogP contribution in [0, 0.1) is 0 Å².